The van der Waals surface area contributed by atoms with Crippen LogP contribution in [-0.2, 0) is 20.8 Å². The van der Waals surface area contributed by atoms with Gasteiger partial charge < -0.3 is 16.4 Å². The van der Waals surface area contributed by atoms with Crippen molar-refractivity contribution in [2.75, 3.05) is 0 Å². The Labute approximate surface area is 133 Å². The van der Waals surface area contributed by atoms with Gasteiger partial charge in [0.15, 0.2) is 0 Å². The minimum atomic E-state index is -1.03. The second-order valence-electron chi connectivity index (χ2n) is 4.96. The zero-order chi connectivity index (χ0) is 17.4. The van der Waals surface area contributed by atoms with E-state index in [9.17, 15) is 18.8 Å². The highest BCUT2D eigenvalue weighted by molar-refractivity contribution is 5.91. The Kier molecular flexibility index (Phi) is 6.74. The Morgan fingerprint density at radius 3 is 2.52 bits per heavy atom. The molecule has 1 aromatic rings. The summed E-state index contributed by atoms with van der Waals surface area (Å²) in [6, 6.07) is 3.64. The van der Waals surface area contributed by atoms with Crippen LogP contribution in [0.4, 0.5) is 4.39 Å². The third-order valence-corrected chi connectivity index (χ3v) is 3.00. The summed E-state index contributed by atoms with van der Waals surface area (Å²) in [6.07, 6.45) is 5.12. The first-order chi connectivity index (χ1) is 10.8. The first kappa shape index (κ1) is 18.2. The standard InChI is InChI=1S/C16H18FN3O3/c1-3-5-13(15(18)22)20-16(23)14(19-10(2)21)9-11-6-4-7-12(17)8-11/h1,4,6-8,13-14H,5,9H2,2H3,(H2,18,22)(H,19,21)(H,20,23)/t13-,14-/m0/s1. The van der Waals surface area contributed by atoms with Crippen LogP contribution in [0.15, 0.2) is 24.3 Å². The maximum atomic E-state index is 13.2. The Morgan fingerprint density at radius 2 is 2.00 bits per heavy atom. The lowest BCUT2D eigenvalue weighted by Crippen LogP contribution is -2.53. The topological polar surface area (TPSA) is 101 Å². The average Bonchev–Trinajstić information content (AvgIpc) is 2.45. The molecule has 122 valence electrons. The quantitative estimate of drug-likeness (QED) is 0.610. The molecule has 7 heteroatoms. The number of hydrogen-bond acceptors (Lipinski definition) is 3. The summed E-state index contributed by atoms with van der Waals surface area (Å²) in [4.78, 5) is 34.8. The lowest BCUT2D eigenvalue weighted by molar-refractivity contribution is -0.130. The van der Waals surface area contributed by atoms with Crippen LogP contribution in [-0.4, -0.2) is 29.8 Å². The van der Waals surface area contributed by atoms with Crippen LogP contribution < -0.4 is 16.4 Å². The molecule has 0 aliphatic heterocycles. The smallest absolute Gasteiger partial charge is 0.243 e. The number of benzene rings is 1. The number of amides is 3. The van der Waals surface area contributed by atoms with Gasteiger partial charge >= 0.3 is 0 Å². The molecule has 0 heterocycles. The Balaban J connectivity index is 2.88. The van der Waals surface area contributed by atoms with Crippen molar-refractivity contribution in [3.8, 4) is 12.3 Å². The van der Waals surface area contributed by atoms with Crippen molar-refractivity contribution in [2.45, 2.75) is 31.8 Å². The van der Waals surface area contributed by atoms with Crippen molar-refractivity contribution in [3.63, 3.8) is 0 Å². The van der Waals surface area contributed by atoms with Crippen LogP contribution in [0.25, 0.3) is 0 Å². The van der Waals surface area contributed by atoms with Crippen LogP contribution in [0, 0.1) is 18.2 Å². The molecule has 23 heavy (non-hydrogen) atoms. The average molecular weight is 319 g/mol. The van der Waals surface area contributed by atoms with E-state index in [1.54, 1.807) is 6.07 Å². The van der Waals surface area contributed by atoms with E-state index in [0.29, 0.717) is 5.56 Å². The summed E-state index contributed by atoms with van der Waals surface area (Å²) in [7, 11) is 0. The highest BCUT2D eigenvalue weighted by atomic mass is 19.1. The van der Waals surface area contributed by atoms with Gasteiger partial charge in [0.1, 0.15) is 17.9 Å². The van der Waals surface area contributed by atoms with Gasteiger partial charge in [0, 0.05) is 19.8 Å². The molecule has 0 bridgehead atoms. The lowest BCUT2D eigenvalue weighted by Gasteiger charge is -2.20. The molecule has 0 saturated heterocycles. The van der Waals surface area contributed by atoms with E-state index >= 15 is 0 Å². The second kappa shape index (κ2) is 8.54. The third-order valence-electron chi connectivity index (χ3n) is 3.00. The van der Waals surface area contributed by atoms with Crippen LogP contribution in [0.5, 0.6) is 0 Å². The molecule has 0 aliphatic rings. The zero-order valence-electron chi connectivity index (χ0n) is 12.6. The third kappa shape index (κ3) is 6.18. The fourth-order valence-electron chi connectivity index (χ4n) is 1.97. The van der Waals surface area contributed by atoms with Gasteiger partial charge in [-0.3, -0.25) is 14.4 Å². The van der Waals surface area contributed by atoms with E-state index in [1.165, 1.54) is 25.1 Å². The fourth-order valence-corrected chi connectivity index (χ4v) is 1.97. The summed E-state index contributed by atoms with van der Waals surface area (Å²) in [5.74, 6) is -0.0453. The minimum Gasteiger partial charge on any atom is -0.368 e. The molecule has 2 atom stereocenters. The van der Waals surface area contributed by atoms with Gasteiger partial charge in [-0.15, -0.1) is 12.3 Å². The van der Waals surface area contributed by atoms with Gasteiger partial charge in [0.25, 0.3) is 0 Å². The number of terminal acetylenes is 1. The SMILES string of the molecule is C#CC[C@H](NC(=O)[C@H](Cc1cccc(F)c1)NC(C)=O)C(N)=O. The molecular formula is C16H18FN3O3. The number of hydrogen-bond donors (Lipinski definition) is 3. The van der Waals surface area contributed by atoms with E-state index in [1.807, 2.05) is 0 Å². The maximum Gasteiger partial charge on any atom is 0.243 e. The largest absolute Gasteiger partial charge is 0.368 e. The van der Waals surface area contributed by atoms with Crippen molar-refractivity contribution in [1.82, 2.24) is 10.6 Å². The zero-order valence-corrected chi connectivity index (χ0v) is 12.6. The Bertz CT molecular complexity index is 640. The number of nitrogens with one attached hydrogen (secondary N) is 2. The van der Waals surface area contributed by atoms with E-state index in [0.717, 1.165) is 0 Å². The van der Waals surface area contributed by atoms with Gasteiger partial charge in [-0.25, -0.2) is 4.39 Å². The molecule has 3 amide bonds. The Morgan fingerprint density at radius 1 is 1.30 bits per heavy atom. The fraction of sp³-hybridized carbons (Fsp3) is 0.312. The monoisotopic (exact) mass is 319 g/mol. The molecule has 0 unspecified atom stereocenters. The molecule has 0 radical (unpaired) electrons. The number of primary amides is 1. The summed E-state index contributed by atoms with van der Waals surface area (Å²) in [6.45, 7) is 1.25. The summed E-state index contributed by atoms with van der Waals surface area (Å²) in [5.41, 5.74) is 5.68. The van der Waals surface area contributed by atoms with Crippen molar-refractivity contribution < 1.29 is 18.8 Å². The molecule has 1 aromatic carbocycles. The number of carbonyl (C=O) groups is 3. The summed E-state index contributed by atoms with van der Waals surface area (Å²) in [5, 5.41) is 4.85. The maximum absolute atomic E-state index is 13.2. The molecule has 0 spiro atoms. The molecule has 1 rings (SSSR count). The van der Waals surface area contributed by atoms with Crippen molar-refractivity contribution in [1.29, 1.82) is 0 Å². The lowest BCUT2D eigenvalue weighted by atomic mass is 10.0. The number of halogens is 1. The van der Waals surface area contributed by atoms with E-state index in [2.05, 4.69) is 16.6 Å². The first-order valence-electron chi connectivity index (χ1n) is 6.88. The Hall–Kier alpha value is -2.88. The van der Waals surface area contributed by atoms with Gasteiger partial charge in [-0.05, 0) is 17.7 Å². The second-order valence-corrected chi connectivity index (χ2v) is 4.96. The number of nitrogens with two attached hydrogens (primary N) is 1. The van der Waals surface area contributed by atoms with E-state index < -0.39 is 35.6 Å². The van der Waals surface area contributed by atoms with Crippen LogP contribution in [0.2, 0.25) is 0 Å². The summed E-state index contributed by atoms with van der Waals surface area (Å²) < 4.78 is 13.2. The molecule has 0 saturated carbocycles. The predicted molar refractivity (Wildman–Crippen MR) is 82.3 cm³/mol. The molecular weight excluding hydrogens is 301 g/mol. The number of rotatable bonds is 7. The minimum absolute atomic E-state index is 0.0602. The predicted octanol–water partition coefficient (Wildman–Crippen LogP) is -0.134. The molecule has 6 nitrogen and oxygen atoms in total. The van der Waals surface area contributed by atoms with Crippen LogP contribution >= 0.6 is 0 Å². The first-order valence-corrected chi connectivity index (χ1v) is 6.88. The van der Waals surface area contributed by atoms with Crippen molar-refractivity contribution >= 4 is 17.7 Å². The molecule has 4 N–H and O–H groups in total. The van der Waals surface area contributed by atoms with Gasteiger partial charge in [-0.1, -0.05) is 12.1 Å². The van der Waals surface area contributed by atoms with Crippen molar-refractivity contribution in [3.05, 3.63) is 35.6 Å². The molecule has 0 aliphatic carbocycles. The normalized spacial score (nSPS) is 12.6. The summed E-state index contributed by atoms with van der Waals surface area (Å²) >= 11 is 0. The molecule has 0 fully saturated rings. The van der Waals surface area contributed by atoms with Gasteiger partial charge in [-0.2, -0.15) is 0 Å². The highest BCUT2D eigenvalue weighted by Gasteiger charge is 2.24. The van der Waals surface area contributed by atoms with Gasteiger partial charge in [0.05, 0.1) is 0 Å². The van der Waals surface area contributed by atoms with Crippen LogP contribution in [0.3, 0.4) is 0 Å². The van der Waals surface area contributed by atoms with E-state index in [-0.39, 0.29) is 12.8 Å². The number of carbonyl (C=O) groups excluding carboxylic acids is 3. The molecule has 0 aromatic heterocycles. The highest BCUT2D eigenvalue weighted by Crippen LogP contribution is 2.07. The van der Waals surface area contributed by atoms with Crippen LogP contribution in [0.1, 0.15) is 18.9 Å². The van der Waals surface area contributed by atoms with Gasteiger partial charge in [0.2, 0.25) is 17.7 Å². The van der Waals surface area contributed by atoms with Crippen molar-refractivity contribution in [2.24, 2.45) is 5.73 Å². The van der Waals surface area contributed by atoms with E-state index in [4.69, 9.17) is 12.2 Å².